The summed E-state index contributed by atoms with van der Waals surface area (Å²) in [6, 6.07) is 8.16. The number of fused-ring (bicyclic) bond motifs is 1. The number of para-hydroxylation sites is 1. The van der Waals surface area contributed by atoms with Crippen LogP contribution in [0.1, 0.15) is 47.6 Å². The minimum Gasteiger partial charge on any atom is -0.358 e. The number of nitrogens with one attached hydrogen (secondary N) is 4. The number of carbonyl (C=O) groups is 1. The Morgan fingerprint density at radius 2 is 1.97 bits per heavy atom. The lowest BCUT2D eigenvalue weighted by Crippen LogP contribution is -2.33. The van der Waals surface area contributed by atoms with Crippen molar-refractivity contribution >= 4 is 29.5 Å². The molecule has 29 heavy (non-hydrogen) atoms. The second kappa shape index (κ2) is 9.14. The molecule has 0 radical (unpaired) electrons. The molecular weight excluding hydrogens is 360 g/mol. The molecule has 1 aromatic carbocycles. The zero-order valence-corrected chi connectivity index (χ0v) is 17.9. The maximum Gasteiger partial charge on any atom is 0.253 e. The van der Waals surface area contributed by atoms with Crippen LogP contribution in [0.2, 0.25) is 0 Å². The number of rotatable bonds is 8. The predicted octanol–water partition coefficient (Wildman–Crippen LogP) is 2.72. The summed E-state index contributed by atoms with van der Waals surface area (Å²) in [6.45, 7) is 15.0. The lowest BCUT2D eigenvalue weighted by atomic mass is 10.1. The van der Waals surface area contributed by atoms with Crippen LogP contribution in [0.5, 0.6) is 0 Å². The highest BCUT2D eigenvalue weighted by Gasteiger charge is 2.18. The number of aromatic amines is 2. The first-order chi connectivity index (χ1) is 13.9. The summed E-state index contributed by atoms with van der Waals surface area (Å²) in [7, 11) is 0. The lowest BCUT2D eigenvalue weighted by molar-refractivity contribution is 0.0947. The van der Waals surface area contributed by atoms with E-state index in [1.807, 2.05) is 32.0 Å². The van der Waals surface area contributed by atoms with Gasteiger partial charge in [-0.3, -0.25) is 4.79 Å². The number of aromatic nitrogens is 2. The van der Waals surface area contributed by atoms with Crippen molar-refractivity contribution in [3.8, 4) is 0 Å². The fourth-order valence-electron chi connectivity index (χ4n) is 3.74. The molecule has 1 atom stereocenters. The first-order valence-corrected chi connectivity index (χ1v) is 10.4. The van der Waals surface area contributed by atoms with E-state index in [4.69, 9.17) is 0 Å². The van der Waals surface area contributed by atoms with E-state index in [1.54, 1.807) is 0 Å². The van der Waals surface area contributed by atoms with Gasteiger partial charge in [0.1, 0.15) is 0 Å². The third-order valence-electron chi connectivity index (χ3n) is 5.35. The second-order valence-corrected chi connectivity index (χ2v) is 7.89. The van der Waals surface area contributed by atoms with Gasteiger partial charge < -0.3 is 20.6 Å². The molecular formula is C24H32N4O. The molecule has 1 unspecified atom stereocenters. The average molecular weight is 393 g/mol. The van der Waals surface area contributed by atoms with E-state index in [9.17, 15) is 4.79 Å². The number of carbonyl (C=O) groups excluding carboxylic acids is 1. The van der Waals surface area contributed by atoms with Crippen molar-refractivity contribution in [2.75, 3.05) is 19.6 Å². The summed E-state index contributed by atoms with van der Waals surface area (Å²) in [5.41, 5.74) is 4.58. The Balaban J connectivity index is 1.82. The first-order valence-electron chi connectivity index (χ1n) is 10.4. The van der Waals surface area contributed by atoms with Crippen LogP contribution >= 0.6 is 0 Å². The molecule has 3 aromatic rings. The zero-order valence-electron chi connectivity index (χ0n) is 17.9. The molecule has 1 amide bonds. The van der Waals surface area contributed by atoms with Gasteiger partial charge in [0.15, 0.2) is 0 Å². The summed E-state index contributed by atoms with van der Waals surface area (Å²) in [5, 5.41) is 9.54. The van der Waals surface area contributed by atoms with Gasteiger partial charge in [-0.05, 0) is 57.0 Å². The smallest absolute Gasteiger partial charge is 0.253 e. The molecule has 0 aliphatic carbocycles. The molecule has 4 N–H and O–H groups in total. The van der Waals surface area contributed by atoms with Crippen LogP contribution in [0.25, 0.3) is 23.6 Å². The van der Waals surface area contributed by atoms with Gasteiger partial charge in [0.25, 0.3) is 5.91 Å². The number of aryl methyl sites for hydroxylation is 1. The average Bonchev–Trinajstić information content (AvgIpc) is 3.16. The second-order valence-electron chi connectivity index (χ2n) is 7.89. The van der Waals surface area contributed by atoms with Gasteiger partial charge >= 0.3 is 0 Å². The molecule has 3 rings (SSSR count). The molecule has 5 nitrogen and oxygen atoms in total. The third kappa shape index (κ3) is 4.62. The van der Waals surface area contributed by atoms with Crippen LogP contribution in [-0.2, 0) is 0 Å². The maximum atomic E-state index is 12.8. The van der Waals surface area contributed by atoms with Crippen molar-refractivity contribution < 1.29 is 4.79 Å². The minimum atomic E-state index is -0.0213. The predicted molar refractivity (Wildman–Crippen MR) is 122 cm³/mol. The number of benzene rings is 1. The number of H-pyrrole nitrogens is 2. The van der Waals surface area contributed by atoms with E-state index in [0.717, 1.165) is 63.5 Å². The highest BCUT2D eigenvalue weighted by Crippen LogP contribution is 2.19. The van der Waals surface area contributed by atoms with E-state index < -0.39 is 0 Å². The van der Waals surface area contributed by atoms with E-state index in [1.165, 1.54) is 0 Å². The molecule has 0 aliphatic heterocycles. The summed E-state index contributed by atoms with van der Waals surface area (Å²) in [6.07, 6.45) is 3.20. The van der Waals surface area contributed by atoms with Crippen molar-refractivity contribution in [2.45, 2.75) is 34.1 Å². The quantitative estimate of drug-likeness (QED) is 0.445. The van der Waals surface area contributed by atoms with Gasteiger partial charge in [-0.15, -0.1) is 0 Å². The molecule has 0 aliphatic rings. The molecule has 0 saturated carbocycles. The SMILES string of the molecule is C=c1[nH]c2ccccc2/c1=C/c1[nH]c(C)c(C(=O)NCC(C)CNCCC)c1C. The molecule has 154 valence electrons. The Kier molecular flexibility index (Phi) is 6.60. The number of hydrogen-bond acceptors (Lipinski definition) is 2. The van der Waals surface area contributed by atoms with Gasteiger partial charge in [-0.1, -0.05) is 38.6 Å². The highest BCUT2D eigenvalue weighted by molar-refractivity contribution is 5.98. The van der Waals surface area contributed by atoms with Crippen LogP contribution in [0, 0.1) is 19.8 Å². The Hall–Kier alpha value is -2.79. The molecule has 0 bridgehead atoms. The Bertz CT molecular complexity index is 1110. The van der Waals surface area contributed by atoms with Gasteiger partial charge in [0, 0.05) is 39.4 Å². The molecule has 2 heterocycles. The van der Waals surface area contributed by atoms with Crippen LogP contribution in [-0.4, -0.2) is 35.5 Å². The first kappa shape index (κ1) is 20.9. The van der Waals surface area contributed by atoms with Crippen molar-refractivity contribution in [2.24, 2.45) is 5.92 Å². The van der Waals surface area contributed by atoms with Crippen LogP contribution in [0.15, 0.2) is 24.3 Å². The van der Waals surface area contributed by atoms with Crippen LogP contribution < -0.4 is 21.2 Å². The normalized spacial score (nSPS) is 13.2. The highest BCUT2D eigenvalue weighted by atomic mass is 16.1. The minimum absolute atomic E-state index is 0.0213. The standard InChI is InChI=1S/C24H32N4O/c1-6-11-25-13-15(2)14-26-24(29)23-16(3)22(28-18(23)5)12-20-17(4)27-21-10-8-7-9-19(20)21/h7-10,12,15,25,27-28H,4,6,11,13-14H2,1-3,5H3,(H,26,29)/b20-12+. The van der Waals surface area contributed by atoms with Gasteiger partial charge in [-0.25, -0.2) is 0 Å². The van der Waals surface area contributed by atoms with Gasteiger partial charge in [0.05, 0.1) is 5.56 Å². The van der Waals surface area contributed by atoms with Gasteiger partial charge in [0.2, 0.25) is 0 Å². The summed E-state index contributed by atoms with van der Waals surface area (Å²) in [4.78, 5) is 19.5. The topological polar surface area (TPSA) is 72.7 Å². The summed E-state index contributed by atoms with van der Waals surface area (Å²) < 4.78 is 0. The molecule has 0 saturated heterocycles. The molecule has 0 spiro atoms. The largest absolute Gasteiger partial charge is 0.358 e. The fraction of sp³-hybridized carbons (Fsp3) is 0.375. The molecule has 5 heteroatoms. The zero-order chi connectivity index (χ0) is 21.0. The van der Waals surface area contributed by atoms with E-state index in [-0.39, 0.29) is 5.91 Å². The number of hydrogen-bond donors (Lipinski definition) is 4. The lowest BCUT2D eigenvalue weighted by Gasteiger charge is -2.13. The summed E-state index contributed by atoms with van der Waals surface area (Å²) in [5.74, 6) is 0.364. The fourth-order valence-corrected chi connectivity index (χ4v) is 3.74. The number of amides is 1. The Morgan fingerprint density at radius 1 is 1.21 bits per heavy atom. The Morgan fingerprint density at radius 3 is 2.72 bits per heavy atom. The Labute approximate surface area is 172 Å². The molecule has 2 aromatic heterocycles. The van der Waals surface area contributed by atoms with E-state index in [2.05, 4.69) is 53.2 Å². The van der Waals surface area contributed by atoms with Crippen molar-refractivity contribution in [1.82, 2.24) is 20.6 Å². The summed E-state index contributed by atoms with van der Waals surface area (Å²) >= 11 is 0. The van der Waals surface area contributed by atoms with Gasteiger partial charge in [-0.2, -0.15) is 0 Å². The van der Waals surface area contributed by atoms with Crippen LogP contribution in [0.4, 0.5) is 0 Å². The van der Waals surface area contributed by atoms with Crippen molar-refractivity contribution in [1.29, 1.82) is 0 Å². The van der Waals surface area contributed by atoms with Crippen LogP contribution in [0.3, 0.4) is 0 Å². The third-order valence-corrected chi connectivity index (χ3v) is 5.35. The monoisotopic (exact) mass is 392 g/mol. The van der Waals surface area contributed by atoms with E-state index in [0.29, 0.717) is 12.5 Å². The maximum absolute atomic E-state index is 12.8. The van der Waals surface area contributed by atoms with Crippen molar-refractivity contribution in [3.63, 3.8) is 0 Å². The van der Waals surface area contributed by atoms with E-state index >= 15 is 0 Å². The molecule has 0 fully saturated rings. The van der Waals surface area contributed by atoms with Crippen molar-refractivity contribution in [3.05, 3.63) is 57.3 Å².